The molecule has 0 radical (unpaired) electrons. The average Bonchev–Trinajstić information content (AvgIpc) is 4.00. The molecule has 7 aromatic carbocycles. The molecule has 0 amide bonds. The largest absolute Gasteiger partial charge is 0.484 e. The van der Waals surface area contributed by atoms with Crippen LogP contribution in [0.4, 0.5) is 0 Å². The van der Waals surface area contributed by atoms with Gasteiger partial charge in [0.15, 0.2) is 0 Å². The monoisotopic (exact) mass is 779 g/mol. The molecule has 11 aromatic rings. The van der Waals surface area contributed by atoms with Gasteiger partial charge < -0.3 is 13.7 Å². The van der Waals surface area contributed by atoms with Crippen LogP contribution in [0.1, 0.15) is 12.4 Å². The lowest BCUT2D eigenvalue weighted by atomic mass is 9.90. The molecular formula is C54H38N4O2. The predicted octanol–water partition coefficient (Wildman–Crippen LogP) is 13.1. The van der Waals surface area contributed by atoms with E-state index in [4.69, 9.17) is 21.0 Å². The van der Waals surface area contributed by atoms with Crippen LogP contribution in [0.15, 0.2) is 199 Å². The van der Waals surface area contributed by atoms with Crippen LogP contribution >= 0.6 is 0 Å². The summed E-state index contributed by atoms with van der Waals surface area (Å²) in [6.07, 6.45) is 6.89. The van der Waals surface area contributed by atoms with Crippen molar-refractivity contribution in [3.63, 3.8) is 0 Å². The van der Waals surface area contributed by atoms with E-state index in [2.05, 4.69) is 83.7 Å². The van der Waals surface area contributed by atoms with Crippen molar-refractivity contribution in [3.8, 4) is 73.2 Å². The maximum Gasteiger partial charge on any atom is 0.246 e. The van der Waals surface area contributed by atoms with Crippen molar-refractivity contribution in [2.45, 2.75) is 6.92 Å². The summed E-state index contributed by atoms with van der Waals surface area (Å²) in [6, 6.07) is 49.4. The summed E-state index contributed by atoms with van der Waals surface area (Å²) >= 11 is 0. The van der Waals surface area contributed by atoms with Crippen molar-refractivity contribution in [1.29, 1.82) is 0 Å². The van der Waals surface area contributed by atoms with Gasteiger partial charge in [-0.25, -0.2) is 4.98 Å². The molecule has 0 fully saturated rings. The number of hydrogen-bond acceptors (Lipinski definition) is 3. The Morgan fingerprint density at radius 1 is 0.633 bits per heavy atom. The lowest BCUT2D eigenvalue weighted by Crippen LogP contribution is -2.28. The Kier molecular flexibility index (Phi) is 7.27. The minimum Gasteiger partial charge on any atom is -0.484 e. The zero-order chi connectivity index (χ0) is 44.5. The summed E-state index contributed by atoms with van der Waals surface area (Å²) in [5.41, 5.74) is 11.8. The molecule has 0 aliphatic carbocycles. The van der Waals surface area contributed by atoms with Crippen LogP contribution in [-0.2, 0) is 7.05 Å². The van der Waals surface area contributed by atoms with Gasteiger partial charge in [0.05, 0.1) is 36.9 Å². The highest BCUT2D eigenvalue weighted by molar-refractivity contribution is 6.09. The Bertz CT molecular complexity index is 3580. The second-order valence-corrected chi connectivity index (χ2v) is 14.7. The van der Waals surface area contributed by atoms with E-state index in [1.54, 1.807) is 12.5 Å². The van der Waals surface area contributed by atoms with Crippen molar-refractivity contribution in [2.75, 3.05) is 0 Å². The van der Waals surface area contributed by atoms with Crippen molar-refractivity contribution < 1.29 is 20.6 Å². The number of rotatable bonds is 8. The van der Waals surface area contributed by atoms with Crippen molar-refractivity contribution in [1.82, 2.24) is 14.0 Å². The first-order valence-corrected chi connectivity index (χ1v) is 19.7. The Balaban J connectivity index is 0.972. The van der Waals surface area contributed by atoms with Gasteiger partial charge in [-0.15, -0.1) is 0 Å². The summed E-state index contributed by atoms with van der Waals surface area (Å²) in [5, 5.41) is 2.04. The van der Waals surface area contributed by atoms with E-state index in [0.29, 0.717) is 28.6 Å². The lowest BCUT2D eigenvalue weighted by molar-refractivity contribution is -0.663. The number of aromatic nitrogens is 4. The molecule has 0 N–H and O–H groups in total. The molecular weight excluding hydrogens is 737 g/mol. The summed E-state index contributed by atoms with van der Waals surface area (Å²) in [4.78, 5) is 4.84. The zero-order valence-corrected chi connectivity index (χ0v) is 32.7. The molecule has 0 aliphatic rings. The molecule has 0 saturated carbocycles. The normalized spacial score (nSPS) is 12.7. The number of para-hydroxylation sites is 1. The van der Waals surface area contributed by atoms with Crippen molar-refractivity contribution in [3.05, 3.63) is 206 Å². The molecule has 4 aromatic heterocycles. The van der Waals surface area contributed by atoms with Gasteiger partial charge in [0.2, 0.25) is 12.0 Å². The Hall–Kier alpha value is -7.96. The van der Waals surface area contributed by atoms with E-state index in [1.165, 1.54) is 0 Å². The molecule has 60 heavy (non-hydrogen) atoms. The van der Waals surface area contributed by atoms with Gasteiger partial charge in [0, 0.05) is 28.6 Å². The topological polar surface area (TPSA) is 48.5 Å². The SMILES string of the molecule is [2H]c1c([2H])c([2H])c(-c2cnc(-n3c4ccccc4c4ccc(Oc5cccc(-c6coc7c(-c8c(-c9ccccc9)cccc8-c8ccccc8)[n+](C)[c-]n67)c5)cc43)cc2C)c([2H])c1[2H]. The third-order valence-electron chi connectivity index (χ3n) is 11.1. The second kappa shape index (κ2) is 14.5. The van der Waals surface area contributed by atoms with Gasteiger partial charge in [0.1, 0.15) is 23.0 Å². The maximum absolute atomic E-state index is 8.57. The van der Waals surface area contributed by atoms with Gasteiger partial charge in [-0.2, -0.15) is 0 Å². The van der Waals surface area contributed by atoms with Crippen LogP contribution in [0, 0.1) is 13.3 Å². The van der Waals surface area contributed by atoms with Crippen LogP contribution in [0.3, 0.4) is 0 Å². The third kappa shape index (κ3) is 5.96. The number of aryl methyl sites for hydroxylation is 2. The quantitative estimate of drug-likeness (QED) is 0.114. The summed E-state index contributed by atoms with van der Waals surface area (Å²) in [7, 11) is 2.00. The minimum atomic E-state index is -0.429. The van der Waals surface area contributed by atoms with E-state index < -0.39 is 6.04 Å². The Labute approximate surface area is 354 Å². The smallest absolute Gasteiger partial charge is 0.246 e. The fourth-order valence-corrected chi connectivity index (χ4v) is 8.35. The number of ether oxygens (including phenoxy) is 1. The summed E-state index contributed by atoms with van der Waals surface area (Å²) in [6.45, 7) is 1.86. The summed E-state index contributed by atoms with van der Waals surface area (Å²) in [5.74, 6) is 1.87. The highest BCUT2D eigenvalue weighted by Crippen LogP contribution is 2.42. The molecule has 6 nitrogen and oxygen atoms in total. The third-order valence-corrected chi connectivity index (χ3v) is 11.1. The maximum atomic E-state index is 8.57. The number of pyridine rings is 1. The molecule has 0 saturated heterocycles. The summed E-state index contributed by atoms with van der Waals surface area (Å²) < 4.78 is 60.8. The van der Waals surface area contributed by atoms with Crippen LogP contribution in [0.2, 0.25) is 0 Å². The number of fused-ring (bicyclic) bond motifs is 4. The minimum absolute atomic E-state index is 0.124. The van der Waals surface area contributed by atoms with Gasteiger partial charge in [-0.1, -0.05) is 139 Å². The zero-order valence-electron chi connectivity index (χ0n) is 37.7. The Morgan fingerprint density at radius 2 is 1.30 bits per heavy atom. The van der Waals surface area contributed by atoms with E-state index in [9.17, 15) is 0 Å². The average molecular weight is 780 g/mol. The van der Waals surface area contributed by atoms with Crippen molar-refractivity contribution in [2.24, 2.45) is 7.05 Å². The first kappa shape index (κ1) is 30.2. The second-order valence-electron chi connectivity index (χ2n) is 14.7. The molecule has 286 valence electrons. The van der Waals surface area contributed by atoms with Crippen LogP contribution in [0.25, 0.3) is 89.2 Å². The van der Waals surface area contributed by atoms with E-state index in [-0.39, 0.29) is 29.7 Å². The number of oxazole rings is 1. The molecule has 0 atom stereocenters. The van der Waals surface area contributed by atoms with Crippen LogP contribution in [0.5, 0.6) is 11.5 Å². The molecule has 0 bridgehead atoms. The molecule has 0 unspecified atom stereocenters. The highest BCUT2D eigenvalue weighted by Gasteiger charge is 2.23. The van der Waals surface area contributed by atoms with Gasteiger partial charge in [-0.05, 0) is 87.8 Å². The first-order chi connectivity index (χ1) is 31.7. The molecule has 4 heterocycles. The van der Waals surface area contributed by atoms with E-state index in [1.807, 2.05) is 102 Å². The number of hydrogen-bond donors (Lipinski definition) is 0. The molecule has 11 rings (SSSR count). The Morgan fingerprint density at radius 3 is 2.05 bits per heavy atom. The number of benzene rings is 7. The fraction of sp³-hybridized carbons (Fsp3) is 0.0370. The van der Waals surface area contributed by atoms with Gasteiger partial charge >= 0.3 is 0 Å². The number of imidazole rings is 1. The van der Waals surface area contributed by atoms with Crippen LogP contribution < -0.4 is 9.30 Å². The first-order valence-electron chi connectivity index (χ1n) is 22.2. The molecule has 6 heteroatoms. The van der Waals surface area contributed by atoms with Gasteiger partial charge in [0.25, 0.3) is 0 Å². The predicted molar refractivity (Wildman–Crippen MR) is 240 cm³/mol. The van der Waals surface area contributed by atoms with Gasteiger partial charge in [-0.3, -0.25) is 8.97 Å². The number of nitrogens with zero attached hydrogens (tertiary/aromatic N) is 4. The fourth-order valence-electron chi connectivity index (χ4n) is 8.35. The van der Waals surface area contributed by atoms with E-state index >= 15 is 0 Å². The lowest BCUT2D eigenvalue weighted by Gasteiger charge is -2.16. The molecule has 0 spiro atoms. The van der Waals surface area contributed by atoms with E-state index in [0.717, 1.165) is 72.1 Å². The van der Waals surface area contributed by atoms with Crippen molar-refractivity contribution >= 4 is 27.5 Å². The van der Waals surface area contributed by atoms with Crippen LogP contribution in [-0.4, -0.2) is 14.0 Å². The molecule has 0 aliphatic heterocycles. The standard InChI is InChI=1S/C54H38N4O2/c1-36-30-51(55-33-47(36)39-20-10-5-11-21-39)58-48-27-13-12-24-45(48)46-29-28-42(32-49(46)58)60-41-23-14-22-40(31-41)50-34-59-54-53(56(2)35-57(50)54)52-43(37-16-6-3-7-17-37)25-15-26-44(52)38-18-8-4-9-19-38/h3-34H,1-2H3/i5D,10D,11D,20D,21D. The highest BCUT2D eigenvalue weighted by atomic mass is 16.5.